The van der Waals surface area contributed by atoms with Gasteiger partial charge in [0.25, 0.3) is 5.91 Å². The maximum absolute atomic E-state index is 14.2. The lowest BCUT2D eigenvalue weighted by atomic mass is 9.94. The first-order valence-corrected chi connectivity index (χ1v) is 13.4. The summed E-state index contributed by atoms with van der Waals surface area (Å²) < 4.78 is 8.80. The minimum atomic E-state index is -0.241. The van der Waals surface area contributed by atoms with Gasteiger partial charge in [-0.1, -0.05) is 19.9 Å². The van der Waals surface area contributed by atoms with Gasteiger partial charge in [0.05, 0.1) is 17.3 Å². The van der Waals surface area contributed by atoms with Crippen molar-refractivity contribution >= 4 is 33.2 Å². The maximum Gasteiger partial charge on any atom is 0.271 e. The van der Waals surface area contributed by atoms with Crippen molar-refractivity contribution in [2.24, 2.45) is 0 Å². The van der Waals surface area contributed by atoms with Crippen LogP contribution in [-0.2, 0) is 19.4 Å². The molecule has 1 aliphatic rings. The fourth-order valence-electron chi connectivity index (χ4n) is 4.95. The van der Waals surface area contributed by atoms with Crippen molar-refractivity contribution in [1.82, 2.24) is 9.47 Å². The third-order valence-electron chi connectivity index (χ3n) is 6.43. The molecule has 0 atom stereocenters. The topological polar surface area (TPSA) is 34.5 Å². The summed E-state index contributed by atoms with van der Waals surface area (Å²) in [7, 11) is 1.70. The fraction of sp³-hybridized carbons (Fsp3) is 0.444. The molecule has 6 heteroatoms. The molecular formula is C27H33BrN2O2S. The van der Waals surface area contributed by atoms with Crippen LogP contribution in [-0.4, -0.2) is 34.6 Å². The molecule has 0 aliphatic carbocycles. The number of aromatic nitrogens is 1. The van der Waals surface area contributed by atoms with E-state index < -0.39 is 0 Å². The molecule has 4 rings (SSSR count). The van der Waals surface area contributed by atoms with E-state index >= 15 is 0 Å². The van der Waals surface area contributed by atoms with Crippen LogP contribution in [0.1, 0.15) is 62.7 Å². The third kappa shape index (κ3) is 4.17. The van der Waals surface area contributed by atoms with E-state index in [4.69, 9.17) is 4.74 Å². The Bertz CT molecular complexity index is 1170. The second-order valence-electron chi connectivity index (χ2n) is 9.55. The van der Waals surface area contributed by atoms with E-state index in [-0.39, 0.29) is 11.4 Å². The zero-order valence-corrected chi connectivity index (χ0v) is 22.8. The first kappa shape index (κ1) is 24.1. The minimum Gasteiger partial charge on any atom is -0.496 e. The number of nitrogens with zero attached hydrogens (tertiary/aromatic N) is 2. The van der Waals surface area contributed by atoms with Crippen LogP contribution < -0.4 is 4.74 Å². The lowest BCUT2D eigenvalue weighted by molar-refractivity contribution is 0.0570. The quantitative estimate of drug-likeness (QED) is 0.333. The van der Waals surface area contributed by atoms with Crippen LogP contribution in [0.4, 0.5) is 0 Å². The molecule has 4 nitrogen and oxygen atoms in total. The predicted octanol–water partition coefficient (Wildman–Crippen LogP) is 7.42. The number of amides is 1. The molecule has 0 spiro atoms. The van der Waals surface area contributed by atoms with Gasteiger partial charge in [0.1, 0.15) is 11.4 Å². The standard InChI is InChI=1S/C27H33BrN2O2S/c1-7-12-30(27(3,4)5)26(31)25-18(8-2)23(22-10-9-14-33-22)24-19-16-20(28)21(32-6)15-17(19)11-13-29(24)25/h9-10,14-16H,7-8,11-13H2,1-6H3. The summed E-state index contributed by atoms with van der Waals surface area (Å²) in [6, 6.07) is 8.57. The van der Waals surface area contributed by atoms with E-state index in [1.165, 1.54) is 21.6 Å². The summed E-state index contributed by atoms with van der Waals surface area (Å²) in [5.41, 5.74) is 6.59. The molecule has 0 fully saturated rings. The zero-order chi connectivity index (χ0) is 23.9. The Morgan fingerprint density at radius 2 is 2.03 bits per heavy atom. The van der Waals surface area contributed by atoms with Crippen molar-refractivity contribution in [2.75, 3.05) is 13.7 Å². The van der Waals surface area contributed by atoms with Crippen molar-refractivity contribution in [3.05, 3.63) is 50.9 Å². The number of rotatable bonds is 6. The summed E-state index contributed by atoms with van der Waals surface area (Å²) >= 11 is 5.43. The molecule has 0 N–H and O–H groups in total. The number of hydrogen-bond acceptors (Lipinski definition) is 3. The number of benzene rings is 1. The highest BCUT2D eigenvalue weighted by molar-refractivity contribution is 9.10. The van der Waals surface area contributed by atoms with Crippen LogP contribution in [0.15, 0.2) is 34.1 Å². The van der Waals surface area contributed by atoms with Gasteiger partial charge in [-0.25, -0.2) is 0 Å². The Morgan fingerprint density at radius 1 is 1.27 bits per heavy atom. The van der Waals surface area contributed by atoms with E-state index in [2.05, 4.69) is 84.8 Å². The molecule has 1 aromatic carbocycles. The highest BCUT2D eigenvalue weighted by atomic mass is 79.9. The molecule has 2 aromatic heterocycles. The molecule has 176 valence electrons. The molecule has 0 unspecified atom stereocenters. The number of thiophene rings is 1. The van der Waals surface area contributed by atoms with Crippen LogP contribution >= 0.6 is 27.3 Å². The van der Waals surface area contributed by atoms with Crippen LogP contribution in [0.3, 0.4) is 0 Å². The summed E-state index contributed by atoms with van der Waals surface area (Å²) in [6.07, 6.45) is 2.62. The van der Waals surface area contributed by atoms with Gasteiger partial charge in [-0.3, -0.25) is 4.79 Å². The Hall–Kier alpha value is -2.05. The molecular weight excluding hydrogens is 496 g/mol. The predicted molar refractivity (Wildman–Crippen MR) is 142 cm³/mol. The first-order valence-electron chi connectivity index (χ1n) is 11.7. The van der Waals surface area contributed by atoms with Gasteiger partial charge >= 0.3 is 0 Å². The van der Waals surface area contributed by atoms with Gasteiger partial charge in [-0.15, -0.1) is 11.3 Å². The first-order chi connectivity index (χ1) is 15.7. The monoisotopic (exact) mass is 528 g/mol. The number of hydrogen-bond donors (Lipinski definition) is 0. The van der Waals surface area contributed by atoms with Crippen LogP contribution in [0.2, 0.25) is 0 Å². The number of carbonyl (C=O) groups excluding carboxylic acids is 1. The Balaban J connectivity index is 2.03. The lowest BCUT2D eigenvalue weighted by Crippen LogP contribution is -2.47. The average Bonchev–Trinajstić information content (AvgIpc) is 3.41. The number of ether oxygens (including phenoxy) is 1. The van der Waals surface area contributed by atoms with Crippen LogP contribution in [0.25, 0.3) is 21.7 Å². The largest absolute Gasteiger partial charge is 0.496 e. The minimum absolute atomic E-state index is 0.140. The van der Waals surface area contributed by atoms with Crippen molar-refractivity contribution in [3.63, 3.8) is 0 Å². The summed E-state index contributed by atoms with van der Waals surface area (Å²) in [5.74, 6) is 0.988. The van der Waals surface area contributed by atoms with Gasteiger partial charge < -0.3 is 14.2 Å². The molecule has 1 aliphatic heterocycles. The second-order valence-corrected chi connectivity index (χ2v) is 11.4. The summed E-state index contributed by atoms with van der Waals surface area (Å²) in [6.45, 7) is 12.2. The highest BCUT2D eigenvalue weighted by Gasteiger charge is 2.36. The van der Waals surface area contributed by atoms with E-state index in [1.807, 2.05) is 4.90 Å². The fourth-order valence-corrected chi connectivity index (χ4v) is 6.26. The second kappa shape index (κ2) is 9.30. The van der Waals surface area contributed by atoms with Crippen molar-refractivity contribution < 1.29 is 9.53 Å². The average molecular weight is 530 g/mol. The van der Waals surface area contributed by atoms with E-state index in [0.29, 0.717) is 0 Å². The smallest absolute Gasteiger partial charge is 0.271 e. The Morgan fingerprint density at radius 3 is 2.61 bits per heavy atom. The summed E-state index contributed by atoms with van der Waals surface area (Å²) in [5, 5.41) is 2.12. The van der Waals surface area contributed by atoms with Gasteiger partial charge in [-0.05, 0) is 90.7 Å². The lowest BCUT2D eigenvalue weighted by Gasteiger charge is -2.36. The third-order valence-corrected chi connectivity index (χ3v) is 7.93. The number of halogens is 1. The number of carbonyl (C=O) groups is 1. The van der Waals surface area contributed by atoms with Crippen molar-refractivity contribution in [2.45, 2.75) is 66.0 Å². The van der Waals surface area contributed by atoms with Crippen molar-refractivity contribution in [1.29, 1.82) is 0 Å². The van der Waals surface area contributed by atoms with Gasteiger partial charge in [0.15, 0.2) is 0 Å². The number of aryl methyl sites for hydroxylation is 1. The van der Waals surface area contributed by atoms with Gasteiger partial charge in [0.2, 0.25) is 0 Å². The van der Waals surface area contributed by atoms with Crippen LogP contribution in [0.5, 0.6) is 5.75 Å². The molecule has 0 saturated carbocycles. The molecule has 3 heterocycles. The van der Waals surface area contributed by atoms with Crippen LogP contribution in [0, 0.1) is 0 Å². The SMILES string of the molecule is CCCN(C(=O)c1c(CC)c(-c2cccs2)c2n1CCc1cc(OC)c(Br)cc1-2)C(C)(C)C. The molecule has 33 heavy (non-hydrogen) atoms. The van der Waals surface area contributed by atoms with Crippen molar-refractivity contribution in [3.8, 4) is 27.4 Å². The molecule has 0 bridgehead atoms. The van der Waals surface area contributed by atoms with E-state index in [1.54, 1.807) is 18.4 Å². The van der Waals surface area contributed by atoms with Gasteiger partial charge in [-0.2, -0.15) is 0 Å². The number of fused-ring (bicyclic) bond motifs is 3. The normalized spacial score (nSPS) is 12.9. The number of methoxy groups -OCH3 is 1. The molecule has 3 aromatic rings. The Kier molecular flexibility index (Phi) is 6.79. The molecule has 0 radical (unpaired) electrons. The molecule has 0 saturated heterocycles. The maximum atomic E-state index is 14.2. The highest BCUT2D eigenvalue weighted by Crippen LogP contribution is 2.47. The van der Waals surface area contributed by atoms with E-state index in [9.17, 15) is 4.79 Å². The summed E-state index contributed by atoms with van der Waals surface area (Å²) in [4.78, 5) is 17.4. The Labute approximate surface area is 209 Å². The molecule has 1 amide bonds. The van der Waals surface area contributed by atoms with E-state index in [0.717, 1.165) is 59.5 Å². The van der Waals surface area contributed by atoms with Gasteiger partial charge in [0, 0.05) is 34.6 Å². The zero-order valence-electron chi connectivity index (χ0n) is 20.4.